The first-order chi connectivity index (χ1) is 3.35. The molecule has 0 saturated carbocycles. The van der Waals surface area contributed by atoms with E-state index in [4.69, 9.17) is 11.5 Å². The topological polar surface area (TPSA) is 64.1 Å². The molecule has 0 amide bonds. The van der Waals surface area contributed by atoms with Crippen LogP contribution < -0.4 is 16.8 Å². The van der Waals surface area contributed by atoms with Gasteiger partial charge in [0.25, 0.3) is 0 Å². The smallest absolute Gasteiger partial charge is 0.0400 e. The first-order valence-corrected chi connectivity index (χ1v) is 2.13. The highest BCUT2D eigenvalue weighted by atomic mass is 14.9. The Morgan fingerprint density at radius 1 is 1.86 bits per heavy atom. The van der Waals surface area contributed by atoms with Gasteiger partial charge >= 0.3 is 0 Å². The van der Waals surface area contributed by atoms with Crippen molar-refractivity contribution in [2.24, 2.45) is 11.5 Å². The largest absolute Gasteiger partial charge is 0.403 e. The van der Waals surface area contributed by atoms with E-state index in [1.54, 1.807) is 7.05 Å². The number of nitrogens with two attached hydrogens (primary N) is 2. The molecular weight excluding hydrogens is 90.1 g/mol. The molecule has 0 saturated heterocycles. The normalized spacial score (nSPS) is 11.4. The van der Waals surface area contributed by atoms with Crippen LogP contribution in [0.5, 0.6) is 0 Å². The second kappa shape index (κ2) is 3.49. The zero-order chi connectivity index (χ0) is 5.70. The molecule has 0 rings (SSSR count). The molecule has 0 fully saturated rings. The SMILES string of the molecule is CN/C(=C\N)CN. The molecule has 0 atom stereocenters. The van der Waals surface area contributed by atoms with Crippen molar-refractivity contribution >= 4 is 0 Å². The summed E-state index contributed by atoms with van der Waals surface area (Å²) in [5.41, 5.74) is 11.1. The molecule has 5 N–H and O–H groups in total. The van der Waals surface area contributed by atoms with Crippen LogP contribution in [0.15, 0.2) is 11.9 Å². The highest BCUT2D eigenvalue weighted by Crippen LogP contribution is 1.73. The summed E-state index contributed by atoms with van der Waals surface area (Å²) in [6.45, 7) is 0.479. The van der Waals surface area contributed by atoms with E-state index in [0.29, 0.717) is 6.54 Å². The van der Waals surface area contributed by atoms with Gasteiger partial charge in [-0.05, 0) is 0 Å². The van der Waals surface area contributed by atoms with Crippen LogP contribution in [0.2, 0.25) is 0 Å². The van der Waals surface area contributed by atoms with Crippen molar-refractivity contribution < 1.29 is 0 Å². The van der Waals surface area contributed by atoms with Crippen molar-refractivity contribution in [1.82, 2.24) is 5.32 Å². The summed E-state index contributed by atoms with van der Waals surface area (Å²) in [5, 5.41) is 2.81. The van der Waals surface area contributed by atoms with Crippen LogP contribution in [-0.4, -0.2) is 13.6 Å². The van der Waals surface area contributed by atoms with Crippen LogP contribution in [0.3, 0.4) is 0 Å². The van der Waals surface area contributed by atoms with Crippen molar-refractivity contribution in [3.05, 3.63) is 11.9 Å². The van der Waals surface area contributed by atoms with E-state index >= 15 is 0 Å². The zero-order valence-electron chi connectivity index (χ0n) is 4.44. The summed E-state index contributed by atoms with van der Waals surface area (Å²) >= 11 is 0. The first kappa shape index (κ1) is 6.30. The molecule has 0 bridgehead atoms. The molecule has 42 valence electrons. The van der Waals surface area contributed by atoms with Crippen molar-refractivity contribution in [1.29, 1.82) is 0 Å². The van der Waals surface area contributed by atoms with E-state index in [-0.39, 0.29) is 0 Å². The molecule has 0 aromatic carbocycles. The van der Waals surface area contributed by atoms with Gasteiger partial charge in [0.15, 0.2) is 0 Å². The Kier molecular flexibility index (Phi) is 3.14. The van der Waals surface area contributed by atoms with Crippen LogP contribution in [-0.2, 0) is 0 Å². The summed E-state index contributed by atoms with van der Waals surface area (Å²) in [4.78, 5) is 0. The minimum atomic E-state index is 0.479. The third-order valence-corrected chi connectivity index (χ3v) is 0.742. The Morgan fingerprint density at radius 2 is 2.43 bits per heavy atom. The Labute approximate surface area is 43.4 Å². The average molecular weight is 101 g/mol. The molecule has 3 nitrogen and oxygen atoms in total. The van der Waals surface area contributed by atoms with Gasteiger partial charge in [-0.2, -0.15) is 0 Å². The van der Waals surface area contributed by atoms with Gasteiger partial charge in [0, 0.05) is 25.5 Å². The lowest BCUT2D eigenvalue weighted by atomic mass is 10.5. The van der Waals surface area contributed by atoms with E-state index < -0.39 is 0 Å². The summed E-state index contributed by atoms with van der Waals surface area (Å²) in [7, 11) is 1.78. The third-order valence-electron chi connectivity index (χ3n) is 0.742. The van der Waals surface area contributed by atoms with E-state index in [9.17, 15) is 0 Å². The van der Waals surface area contributed by atoms with E-state index in [1.165, 1.54) is 6.20 Å². The minimum Gasteiger partial charge on any atom is -0.403 e. The summed E-state index contributed by atoms with van der Waals surface area (Å²) in [5.74, 6) is 0. The maximum Gasteiger partial charge on any atom is 0.0400 e. The Morgan fingerprint density at radius 3 is 2.43 bits per heavy atom. The molecule has 0 aliphatic carbocycles. The van der Waals surface area contributed by atoms with Crippen molar-refractivity contribution in [2.75, 3.05) is 13.6 Å². The number of rotatable bonds is 2. The number of likely N-dealkylation sites (N-methyl/N-ethyl adjacent to an activating group) is 1. The van der Waals surface area contributed by atoms with Gasteiger partial charge in [0.1, 0.15) is 0 Å². The predicted octanol–water partition coefficient (Wildman–Crippen LogP) is -1.04. The molecule has 0 spiro atoms. The van der Waals surface area contributed by atoms with Gasteiger partial charge < -0.3 is 16.8 Å². The zero-order valence-corrected chi connectivity index (χ0v) is 4.44. The molecule has 3 heteroatoms. The van der Waals surface area contributed by atoms with Crippen LogP contribution in [0, 0.1) is 0 Å². The monoisotopic (exact) mass is 101 g/mol. The summed E-state index contributed by atoms with van der Waals surface area (Å²) < 4.78 is 0. The van der Waals surface area contributed by atoms with Gasteiger partial charge in [-0.3, -0.25) is 0 Å². The fourth-order valence-electron chi connectivity index (χ4n) is 0.253. The lowest BCUT2D eigenvalue weighted by Gasteiger charge is -1.97. The maximum atomic E-state index is 5.18. The van der Waals surface area contributed by atoms with Gasteiger partial charge in [-0.25, -0.2) is 0 Å². The highest BCUT2D eigenvalue weighted by molar-refractivity contribution is 4.96. The molecule has 0 unspecified atom stereocenters. The quantitative estimate of drug-likeness (QED) is 0.416. The third kappa shape index (κ3) is 2.05. The molecular formula is C4H11N3. The maximum absolute atomic E-state index is 5.18. The Hall–Kier alpha value is -0.700. The standard InChI is InChI=1S/C4H11N3/c1-7-4(2-5)3-6/h2,7H,3,5-6H2,1H3/b4-2-. The van der Waals surface area contributed by atoms with Crippen LogP contribution in [0.4, 0.5) is 0 Å². The molecule has 0 heterocycles. The predicted molar refractivity (Wildman–Crippen MR) is 30.4 cm³/mol. The minimum absolute atomic E-state index is 0.479. The molecule has 0 radical (unpaired) electrons. The summed E-state index contributed by atoms with van der Waals surface area (Å²) in [6, 6.07) is 0. The van der Waals surface area contributed by atoms with E-state index in [0.717, 1.165) is 5.70 Å². The Balaban J connectivity index is 3.38. The number of hydrogen-bond donors (Lipinski definition) is 3. The van der Waals surface area contributed by atoms with Gasteiger partial charge in [0.05, 0.1) is 0 Å². The molecule has 0 aliphatic heterocycles. The van der Waals surface area contributed by atoms with Crippen LogP contribution in [0.25, 0.3) is 0 Å². The van der Waals surface area contributed by atoms with E-state index in [1.807, 2.05) is 0 Å². The first-order valence-electron chi connectivity index (χ1n) is 2.13. The Bertz CT molecular complexity index is 61.3. The lowest BCUT2D eigenvalue weighted by Crippen LogP contribution is -2.16. The number of hydrogen-bond acceptors (Lipinski definition) is 3. The highest BCUT2D eigenvalue weighted by Gasteiger charge is 1.80. The van der Waals surface area contributed by atoms with Gasteiger partial charge in [-0.1, -0.05) is 0 Å². The fraction of sp³-hybridized carbons (Fsp3) is 0.500. The van der Waals surface area contributed by atoms with Crippen molar-refractivity contribution in [3.8, 4) is 0 Å². The van der Waals surface area contributed by atoms with Crippen LogP contribution >= 0.6 is 0 Å². The molecule has 7 heavy (non-hydrogen) atoms. The van der Waals surface area contributed by atoms with Gasteiger partial charge in [-0.15, -0.1) is 0 Å². The summed E-state index contributed by atoms with van der Waals surface area (Å²) in [6.07, 6.45) is 1.46. The lowest BCUT2D eigenvalue weighted by molar-refractivity contribution is 0.919. The van der Waals surface area contributed by atoms with Crippen molar-refractivity contribution in [3.63, 3.8) is 0 Å². The van der Waals surface area contributed by atoms with Crippen LogP contribution in [0.1, 0.15) is 0 Å². The van der Waals surface area contributed by atoms with E-state index in [2.05, 4.69) is 5.32 Å². The number of nitrogens with one attached hydrogen (secondary N) is 1. The molecule has 0 aromatic heterocycles. The van der Waals surface area contributed by atoms with Gasteiger partial charge in [0.2, 0.25) is 0 Å². The molecule has 0 aromatic rings. The second-order valence-corrected chi connectivity index (χ2v) is 1.15. The van der Waals surface area contributed by atoms with Crippen molar-refractivity contribution in [2.45, 2.75) is 0 Å². The fourth-order valence-corrected chi connectivity index (χ4v) is 0.253. The molecule has 0 aliphatic rings. The second-order valence-electron chi connectivity index (χ2n) is 1.15. The average Bonchev–Trinajstić information content (AvgIpc) is 1.72.